The molecule has 21 heavy (non-hydrogen) atoms. The molecule has 4 nitrogen and oxygen atoms in total. The van der Waals surface area contributed by atoms with Gasteiger partial charge in [-0.15, -0.1) is 0 Å². The third-order valence-electron chi connectivity index (χ3n) is 4.73. The van der Waals surface area contributed by atoms with E-state index in [0.29, 0.717) is 32.5 Å². The van der Waals surface area contributed by atoms with Crippen molar-refractivity contribution in [1.29, 1.82) is 0 Å². The van der Waals surface area contributed by atoms with E-state index in [0.717, 1.165) is 6.54 Å². The Morgan fingerprint density at radius 2 is 2.00 bits per heavy atom. The van der Waals surface area contributed by atoms with Gasteiger partial charge in [-0.05, 0) is 26.3 Å². The van der Waals surface area contributed by atoms with Crippen LogP contribution in [0.15, 0.2) is 0 Å². The molecule has 3 unspecified atom stereocenters. The minimum absolute atomic E-state index is 0.0635. The minimum atomic E-state index is -4.19. The highest BCUT2D eigenvalue weighted by atomic mass is 19.4. The maximum atomic E-state index is 12.9. The molecule has 2 aliphatic rings. The predicted molar refractivity (Wildman–Crippen MR) is 73.6 cm³/mol. The van der Waals surface area contributed by atoms with Crippen LogP contribution in [0.3, 0.4) is 0 Å². The minimum Gasteiger partial charge on any atom is -0.336 e. The summed E-state index contributed by atoms with van der Waals surface area (Å²) in [5.74, 6) is -1.96. The van der Waals surface area contributed by atoms with Crippen LogP contribution >= 0.6 is 0 Å². The molecule has 1 aliphatic carbocycles. The van der Waals surface area contributed by atoms with Crippen LogP contribution in [0, 0.1) is 11.8 Å². The fourth-order valence-electron chi connectivity index (χ4n) is 3.45. The highest BCUT2D eigenvalue weighted by Gasteiger charge is 2.44. The predicted octanol–water partition coefficient (Wildman–Crippen LogP) is 1.46. The third kappa shape index (κ3) is 3.88. The van der Waals surface area contributed by atoms with Crippen molar-refractivity contribution in [2.75, 3.05) is 33.2 Å². The zero-order valence-corrected chi connectivity index (χ0v) is 12.4. The molecule has 0 bridgehead atoms. The maximum Gasteiger partial charge on any atom is 0.391 e. The van der Waals surface area contributed by atoms with E-state index >= 15 is 0 Å². The van der Waals surface area contributed by atoms with E-state index in [9.17, 15) is 18.0 Å². The molecule has 1 saturated heterocycles. The molecule has 1 aliphatic heterocycles. The average molecular weight is 307 g/mol. The summed E-state index contributed by atoms with van der Waals surface area (Å²) in [5, 5.41) is 0. The van der Waals surface area contributed by atoms with Gasteiger partial charge >= 0.3 is 6.18 Å². The summed E-state index contributed by atoms with van der Waals surface area (Å²) in [5.41, 5.74) is 5.72. The number of carbonyl (C=O) groups excluding carboxylic acids is 1. The number of carbonyl (C=O) groups is 1. The molecule has 1 amide bonds. The van der Waals surface area contributed by atoms with Gasteiger partial charge < -0.3 is 15.5 Å². The lowest BCUT2D eigenvalue weighted by Crippen LogP contribution is -2.58. The van der Waals surface area contributed by atoms with Gasteiger partial charge in [0.25, 0.3) is 0 Å². The molecule has 122 valence electrons. The lowest BCUT2D eigenvalue weighted by Gasteiger charge is -2.42. The normalized spacial score (nSPS) is 32.2. The van der Waals surface area contributed by atoms with Crippen LogP contribution in [0.1, 0.15) is 25.7 Å². The first-order chi connectivity index (χ1) is 9.82. The molecule has 2 rings (SSSR count). The summed E-state index contributed by atoms with van der Waals surface area (Å²) in [7, 11) is 1.96. The van der Waals surface area contributed by atoms with Crippen molar-refractivity contribution in [3.63, 3.8) is 0 Å². The molecule has 1 saturated carbocycles. The van der Waals surface area contributed by atoms with E-state index in [2.05, 4.69) is 4.90 Å². The Morgan fingerprint density at radius 3 is 2.62 bits per heavy atom. The fraction of sp³-hybridized carbons (Fsp3) is 0.929. The monoisotopic (exact) mass is 307 g/mol. The van der Waals surface area contributed by atoms with Crippen LogP contribution in [-0.4, -0.2) is 61.2 Å². The molecule has 0 aromatic carbocycles. The van der Waals surface area contributed by atoms with Crippen molar-refractivity contribution >= 4 is 5.91 Å². The lowest BCUT2D eigenvalue weighted by molar-refractivity contribution is -0.187. The second-order valence-electron chi connectivity index (χ2n) is 6.29. The smallest absolute Gasteiger partial charge is 0.336 e. The van der Waals surface area contributed by atoms with E-state index in [4.69, 9.17) is 5.73 Å². The number of amides is 1. The van der Waals surface area contributed by atoms with Crippen molar-refractivity contribution in [2.45, 2.75) is 37.9 Å². The number of hydrogen-bond donors (Lipinski definition) is 1. The van der Waals surface area contributed by atoms with Gasteiger partial charge in [-0.1, -0.05) is 6.42 Å². The van der Waals surface area contributed by atoms with Gasteiger partial charge in [-0.3, -0.25) is 4.79 Å². The highest BCUT2D eigenvalue weighted by molar-refractivity contribution is 5.79. The van der Waals surface area contributed by atoms with Gasteiger partial charge in [0.15, 0.2) is 0 Å². The highest BCUT2D eigenvalue weighted by Crippen LogP contribution is 2.40. The van der Waals surface area contributed by atoms with Gasteiger partial charge in [0.2, 0.25) is 5.91 Å². The van der Waals surface area contributed by atoms with Crippen LogP contribution in [0.5, 0.6) is 0 Å². The summed E-state index contributed by atoms with van der Waals surface area (Å²) in [6, 6.07) is -0.0810. The zero-order chi connectivity index (χ0) is 15.6. The van der Waals surface area contributed by atoms with Crippen molar-refractivity contribution in [2.24, 2.45) is 17.6 Å². The summed E-state index contributed by atoms with van der Waals surface area (Å²) in [6.45, 7) is 2.35. The fourth-order valence-corrected chi connectivity index (χ4v) is 3.45. The Hall–Kier alpha value is -0.820. The molecule has 0 aromatic rings. The average Bonchev–Trinajstić information content (AvgIpc) is 2.45. The number of likely N-dealkylation sites (N-methyl/N-ethyl adjacent to an activating group) is 1. The Labute approximate surface area is 123 Å². The summed E-state index contributed by atoms with van der Waals surface area (Å²) >= 11 is 0. The number of hydrogen-bond acceptors (Lipinski definition) is 3. The summed E-state index contributed by atoms with van der Waals surface area (Å²) in [4.78, 5) is 16.4. The first-order valence-electron chi connectivity index (χ1n) is 7.58. The van der Waals surface area contributed by atoms with Crippen LogP contribution in [0.2, 0.25) is 0 Å². The maximum absolute atomic E-state index is 12.9. The van der Waals surface area contributed by atoms with Crippen molar-refractivity contribution in [1.82, 2.24) is 9.80 Å². The number of halogens is 3. The molecule has 7 heteroatoms. The first-order valence-corrected chi connectivity index (χ1v) is 7.58. The van der Waals surface area contributed by atoms with Crippen LogP contribution in [0.4, 0.5) is 13.2 Å². The van der Waals surface area contributed by atoms with Gasteiger partial charge in [0.05, 0.1) is 12.0 Å². The number of alkyl halides is 3. The van der Waals surface area contributed by atoms with Crippen LogP contribution in [-0.2, 0) is 4.79 Å². The van der Waals surface area contributed by atoms with E-state index in [-0.39, 0.29) is 24.8 Å². The van der Waals surface area contributed by atoms with E-state index < -0.39 is 18.0 Å². The summed E-state index contributed by atoms with van der Waals surface area (Å²) < 4.78 is 38.6. The second kappa shape index (κ2) is 6.52. The molecule has 2 N–H and O–H groups in total. The van der Waals surface area contributed by atoms with Gasteiger partial charge in [-0.2, -0.15) is 13.2 Å². The molecular formula is C14H24F3N3O. The number of nitrogens with two attached hydrogens (primary N) is 1. The zero-order valence-electron chi connectivity index (χ0n) is 12.4. The van der Waals surface area contributed by atoms with Crippen LogP contribution < -0.4 is 5.73 Å². The Balaban J connectivity index is 2.01. The van der Waals surface area contributed by atoms with Gasteiger partial charge in [-0.25, -0.2) is 0 Å². The molecule has 0 radical (unpaired) electrons. The number of nitrogens with zero attached hydrogens (tertiary/aromatic N) is 2. The van der Waals surface area contributed by atoms with E-state index in [1.807, 2.05) is 7.05 Å². The van der Waals surface area contributed by atoms with E-state index in [1.165, 1.54) is 0 Å². The van der Waals surface area contributed by atoms with Crippen LogP contribution in [0.25, 0.3) is 0 Å². The third-order valence-corrected chi connectivity index (χ3v) is 4.73. The molecule has 0 aromatic heterocycles. The largest absolute Gasteiger partial charge is 0.391 e. The van der Waals surface area contributed by atoms with Gasteiger partial charge in [0.1, 0.15) is 0 Å². The van der Waals surface area contributed by atoms with E-state index in [1.54, 1.807) is 4.90 Å². The van der Waals surface area contributed by atoms with Gasteiger partial charge in [0, 0.05) is 32.1 Å². The van der Waals surface area contributed by atoms with Crippen molar-refractivity contribution in [3.8, 4) is 0 Å². The van der Waals surface area contributed by atoms with Crippen molar-refractivity contribution in [3.05, 3.63) is 0 Å². The summed E-state index contributed by atoms with van der Waals surface area (Å²) in [6.07, 6.45) is -3.06. The first kappa shape index (κ1) is 16.5. The second-order valence-corrected chi connectivity index (χ2v) is 6.29. The molecular weight excluding hydrogens is 283 g/mol. The SMILES string of the molecule is CN1CCN(C(=O)C2CCCC(C(F)(F)F)C2)C(CN)C1. The molecule has 2 fully saturated rings. The Morgan fingerprint density at radius 1 is 1.29 bits per heavy atom. The number of rotatable bonds is 2. The quantitative estimate of drug-likeness (QED) is 0.840. The number of piperazine rings is 1. The van der Waals surface area contributed by atoms with Crippen molar-refractivity contribution < 1.29 is 18.0 Å². The topological polar surface area (TPSA) is 49.6 Å². The Kier molecular flexibility index (Phi) is 5.14. The Bertz CT molecular complexity index is 375. The molecule has 3 atom stereocenters. The molecule has 1 heterocycles. The molecule has 0 spiro atoms. The lowest BCUT2D eigenvalue weighted by atomic mass is 9.80. The standard InChI is InChI=1S/C14H24F3N3O/c1-19-5-6-20(12(8-18)9-19)13(21)10-3-2-4-11(7-10)14(15,16)17/h10-12H,2-9,18H2,1H3.